The largest absolute Gasteiger partial charge is 0.256 e. The van der Waals surface area contributed by atoms with Crippen LogP contribution >= 0.6 is 0 Å². The molecule has 0 N–H and O–H groups in total. The van der Waals surface area contributed by atoms with E-state index in [1.807, 2.05) is 128 Å². The van der Waals surface area contributed by atoms with Crippen molar-refractivity contribution < 1.29 is 40.2 Å². The Bertz CT molecular complexity index is 1100. The van der Waals surface area contributed by atoms with Crippen LogP contribution in [0.3, 0.4) is 0 Å². The molecule has 6 aromatic rings. The minimum atomic E-state index is 0. The molecule has 0 aliphatic rings. The second kappa shape index (κ2) is 17.8. The first kappa shape index (κ1) is 30.6. The molecule has 192 valence electrons. The van der Waals surface area contributed by atoms with Gasteiger partial charge in [-0.1, -0.05) is 109 Å². The van der Waals surface area contributed by atoms with Gasteiger partial charge in [0.15, 0.2) is 0 Å². The summed E-state index contributed by atoms with van der Waals surface area (Å²) in [5.74, 6) is 0. The van der Waals surface area contributed by atoms with Gasteiger partial charge in [-0.05, 0) is 36.4 Å². The van der Waals surface area contributed by atoms with Gasteiger partial charge < -0.3 is 0 Å². The summed E-state index contributed by atoms with van der Waals surface area (Å²) in [6, 6.07) is 48.3. The summed E-state index contributed by atoms with van der Waals surface area (Å²) in [5, 5.41) is 0. The molecule has 38 heavy (non-hydrogen) atoms. The van der Waals surface area contributed by atoms with E-state index in [1.165, 1.54) is 0 Å². The van der Waals surface area contributed by atoms with Gasteiger partial charge >= 0.3 is 0 Å². The van der Waals surface area contributed by atoms with Gasteiger partial charge in [-0.15, -0.1) is 0 Å². The summed E-state index contributed by atoms with van der Waals surface area (Å²) >= 11 is 0. The van der Waals surface area contributed by atoms with Gasteiger partial charge in [0.1, 0.15) is 0 Å². The van der Waals surface area contributed by atoms with Gasteiger partial charge in [0.05, 0.1) is 17.1 Å². The third-order valence-corrected chi connectivity index (χ3v) is 5.20. The molecule has 0 bridgehead atoms. The maximum Gasteiger partial charge on any atom is 0.0701 e. The van der Waals surface area contributed by atoms with Gasteiger partial charge in [0, 0.05) is 75.5 Å². The molecular weight excluding hydrogens is 823 g/mol. The van der Waals surface area contributed by atoms with Crippen molar-refractivity contribution in [1.29, 1.82) is 0 Å². The maximum absolute atomic E-state index is 4.25. The first-order valence-electron chi connectivity index (χ1n) is 11.8. The van der Waals surface area contributed by atoms with E-state index < -0.39 is 0 Å². The van der Waals surface area contributed by atoms with Gasteiger partial charge in [0.2, 0.25) is 0 Å². The Morgan fingerprint density at radius 1 is 0.263 bits per heavy atom. The average Bonchev–Trinajstić information content (AvgIpc) is 3.01. The van der Waals surface area contributed by atoms with Gasteiger partial charge in [-0.3, -0.25) is 15.0 Å². The first-order valence-corrected chi connectivity index (χ1v) is 11.8. The molecule has 5 heteroatoms. The fraction of sp³-hybridized carbons (Fsp3) is 0. The Hall–Kier alpha value is -3.59. The number of aromatic nitrogens is 3. The molecule has 3 heterocycles. The molecule has 0 aliphatic carbocycles. The number of hydrogen-bond donors (Lipinski definition) is 0. The third-order valence-electron chi connectivity index (χ3n) is 5.20. The van der Waals surface area contributed by atoms with Crippen LogP contribution in [-0.4, -0.2) is 15.0 Å². The van der Waals surface area contributed by atoms with Crippen LogP contribution in [0.15, 0.2) is 164 Å². The second-order valence-corrected chi connectivity index (χ2v) is 7.74. The fourth-order valence-electron chi connectivity index (χ4n) is 3.43. The fourth-order valence-corrected chi connectivity index (χ4v) is 3.43. The van der Waals surface area contributed by atoms with Crippen molar-refractivity contribution in [2.75, 3.05) is 0 Å². The summed E-state index contributed by atoms with van der Waals surface area (Å²) in [5.41, 5.74) is 6.57. The number of pyridine rings is 3. The van der Waals surface area contributed by atoms with E-state index in [1.54, 1.807) is 0 Å². The summed E-state index contributed by atoms with van der Waals surface area (Å²) < 4.78 is 0. The van der Waals surface area contributed by atoms with Crippen LogP contribution in [0.5, 0.6) is 0 Å². The standard InChI is InChI=1S/3C11H9N.2Ir/c3*1-2-6-10(7-3-1)11-8-4-5-9-12-11;;/h3*1-9H;;. The Balaban J connectivity index is 0.000000195. The van der Waals surface area contributed by atoms with E-state index in [-0.39, 0.29) is 40.2 Å². The Morgan fingerprint density at radius 2 is 0.500 bits per heavy atom. The number of benzene rings is 3. The predicted octanol–water partition coefficient (Wildman–Crippen LogP) is 8.24. The van der Waals surface area contributed by atoms with Crippen molar-refractivity contribution in [3.8, 4) is 33.8 Å². The summed E-state index contributed by atoms with van der Waals surface area (Å²) in [6.45, 7) is 0. The number of rotatable bonds is 3. The first-order chi connectivity index (χ1) is 17.9. The van der Waals surface area contributed by atoms with Gasteiger partial charge in [-0.25, -0.2) is 0 Å². The van der Waals surface area contributed by atoms with Crippen LogP contribution in [0, 0.1) is 0 Å². The molecule has 0 atom stereocenters. The minimum absolute atomic E-state index is 0. The summed E-state index contributed by atoms with van der Waals surface area (Å²) in [7, 11) is 0. The van der Waals surface area contributed by atoms with Crippen LogP contribution in [0.4, 0.5) is 0 Å². The van der Waals surface area contributed by atoms with Crippen LogP contribution < -0.4 is 0 Å². The van der Waals surface area contributed by atoms with Crippen molar-refractivity contribution >= 4 is 0 Å². The Labute approximate surface area is 251 Å². The van der Waals surface area contributed by atoms with Crippen LogP contribution in [0.2, 0.25) is 0 Å². The van der Waals surface area contributed by atoms with Crippen molar-refractivity contribution in [2.24, 2.45) is 0 Å². The van der Waals surface area contributed by atoms with Crippen LogP contribution in [0.1, 0.15) is 0 Å². The average molecular weight is 850 g/mol. The molecule has 0 saturated carbocycles. The summed E-state index contributed by atoms with van der Waals surface area (Å²) in [4.78, 5) is 12.7. The monoisotopic (exact) mass is 851 g/mol. The molecule has 0 amide bonds. The second-order valence-electron chi connectivity index (χ2n) is 7.74. The van der Waals surface area contributed by atoms with Crippen LogP contribution in [0.25, 0.3) is 33.8 Å². The predicted molar refractivity (Wildman–Crippen MR) is 149 cm³/mol. The van der Waals surface area contributed by atoms with Crippen molar-refractivity contribution in [1.82, 2.24) is 15.0 Å². The number of nitrogens with zero attached hydrogens (tertiary/aromatic N) is 3. The third kappa shape index (κ3) is 10.0. The summed E-state index contributed by atoms with van der Waals surface area (Å²) in [6.07, 6.45) is 5.42. The molecule has 3 aromatic carbocycles. The molecule has 0 fully saturated rings. The molecule has 3 nitrogen and oxygen atoms in total. The van der Waals surface area contributed by atoms with Crippen molar-refractivity contribution in [3.05, 3.63) is 164 Å². The van der Waals surface area contributed by atoms with Crippen LogP contribution in [-0.2, 0) is 40.2 Å². The maximum atomic E-state index is 4.25. The Morgan fingerprint density at radius 3 is 0.711 bits per heavy atom. The van der Waals surface area contributed by atoms with Gasteiger partial charge in [0.25, 0.3) is 0 Å². The zero-order valence-electron chi connectivity index (χ0n) is 20.6. The molecule has 0 spiro atoms. The SMILES string of the molecule is [Ir].[Ir].c1ccc(-c2ccccn2)cc1.c1ccc(-c2ccccn2)cc1.c1ccc(-c2ccccn2)cc1. The topological polar surface area (TPSA) is 38.7 Å². The smallest absolute Gasteiger partial charge is 0.0701 e. The molecule has 2 radical (unpaired) electrons. The molecule has 0 unspecified atom stereocenters. The minimum Gasteiger partial charge on any atom is -0.256 e. The molecule has 0 aliphatic heterocycles. The molecule has 0 saturated heterocycles. The van der Waals surface area contributed by atoms with E-state index in [2.05, 4.69) is 51.4 Å². The number of hydrogen-bond acceptors (Lipinski definition) is 3. The zero-order chi connectivity index (χ0) is 24.7. The van der Waals surface area contributed by atoms with Gasteiger partial charge in [-0.2, -0.15) is 0 Å². The normalized spacial score (nSPS) is 9.16. The molecular formula is C33H27Ir2N3. The van der Waals surface area contributed by atoms with E-state index in [9.17, 15) is 0 Å². The zero-order valence-corrected chi connectivity index (χ0v) is 25.4. The Kier molecular flexibility index (Phi) is 14.3. The van der Waals surface area contributed by atoms with Crippen molar-refractivity contribution in [3.63, 3.8) is 0 Å². The molecule has 6 rings (SSSR count). The van der Waals surface area contributed by atoms with E-state index in [0.717, 1.165) is 33.8 Å². The molecule has 3 aromatic heterocycles. The van der Waals surface area contributed by atoms with Crippen molar-refractivity contribution in [2.45, 2.75) is 0 Å². The van der Waals surface area contributed by atoms with E-state index in [4.69, 9.17) is 0 Å². The van der Waals surface area contributed by atoms with E-state index in [0.29, 0.717) is 0 Å². The van der Waals surface area contributed by atoms with E-state index >= 15 is 0 Å². The quantitative estimate of drug-likeness (QED) is 0.180.